The van der Waals surface area contributed by atoms with Gasteiger partial charge in [-0.1, -0.05) is 22.0 Å². The molecule has 0 spiro atoms. The first kappa shape index (κ1) is 14.0. The van der Waals surface area contributed by atoms with E-state index in [1.54, 1.807) is 19.1 Å². The van der Waals surface area contributed by atoms with Crippen LogP contribution in [0, 0.1) is 11.6 Å². The van der Waals surface area contributed by atoms with Gasteiger partial charge < -0.3 is 10.5 Å². The van der Waals surface area contributed by atoms with Crippen molar-refractivity contribution in [2.75, 3.05) is 0 Å². The van der Waals surface area contributed by atoms with Gasteiger partial charge in [-0.05, 0) is 42.8 Å². The molecule has 0 heterocycles. The zero-order chi connectivity index (χ0) is 14.0. The normalized spacial score (nSPS) is 12.3. The van der Waals surface area contributed by atoms with Crippen molar-refractivity contribution in [1.82, 2.24) is 0 Å². The highest BCUT2D eigenvalue weighted by Gasteiger charge is 2.11. The third-order valence-electron chi connectivity index (χ3n) is 2.60. The molecule has 2 N–H and O–H groups in total. The molecule has 100 valence electrons. The fraction of sp³-hybridized carbons (Fsp3) is 0.143. The Morgan fingerprint density at radius 1 is 1.05 bits per heavy atom. The van der Waals surface area contributed by atoms with Crippen LogP contribution in [0.4, 0.5) is 8.78 Å². The second-order valence-electron chi connectivity index (χ2n) is 4.16. The van der Waals surface area contributed by atoms with Gasteiger partial charge in [-0.15, -0.1) is 0 Å². The maximum Gasteiger partial charge on any atom is 0.166 e. The maximum absolute atomic E-state index is 13.8. The summed E-state index contributed by atoms with van der Waals surface area (Å²) in [7, 11) is 0. The van der Waals surface area contributed by atoms with E-state index in [9.17, 15) is 8.78 Å². The van der Waals surface area contributed by atoms with Crippen molar-refractivity contribution < 1.29 is 13.5 Å². The van der Waals surface area contributed by atoms with Gasteiger partial charge in [0.15, 0.2) is 23.1 Å². The zero-order valence-corrected chi connectivity index (χ0v) is 11.7. The van der Waals surface area contributed by atoms with E-state index in [0.29, 0.717) is 10.0 Å². The molecule has 0 aliphatic heterocycles. The van der Waals surface area contributed by atoms with E-state index in [1.165, 1.54) is 24.3 Å². The highest BCUT2D eigenvalue weighted by Crippen LogP contribution is 2.29. The van der Waals surface area contributed by atoms with Crippen LogP contribution in [-0.2, 0) is 0 Å². The fourth-order valence-electron chi connectivity index (χ4n) is 1.56. The third kappa shape index (κ3) is 3.30. The van der Waals surface area contributed by atoms with Crippen LogP contribution in [0.3, 0.4) is 0 Å². The molecule has 1 atom stereocenters. The van der Waals surface area contributed by atoms with Crippen molar-refractivity contribution >= 4 is 15.9 Å². The minimum atomic E-state index is -0.572. The average Bonchev–Trinajstić information content (AvgIpc) is 2.34. The molecule has 19 heavy (non-hydrogen) atoms. The van der Waals surface area contributed by atoms with Gasteiger partial charge in [0, 0.05) is 10.5 Å². The van der Waals surface area contributed by atoms with E-state index >= 15 is 0 Å². The Hall–Kier alpha value is -1.46. The Morgan fingerprint density at radius 2 is 1.63 bits per heavy atom. The van der Waals surface area contributed by atoms with Gasteiger partial charge in [-0.25, -0.2) is 8.78 Å². The summed E-state index contributed by atoms with van der Waals surface area (Å²) < 4.78 is 33.2. The lowest BCUT2D eigenvalue weighted by molar-refractivity contribution is 0.414. The molecule has 2 rings (SSSR count). The summed E-state index contributed by atoms with van der Waals surface area (Å²) in [6.45, 7) is 1.75. The van der Waals surface area contributed by atoms with Crippen LogP contribution in [0.15, 0.2) is 40.9 Å². The van der Waals surface area contributed by atoms with Gasteiger partial charge in [0.1, 0.15) is 0 Å². The first-order valence-corrected chi connectivity index (χ1v) is 6.44. The molecule has 0 saturated carbocycles. The molecular weight excluding hydrogens is 316 g/mol. The van der Waals surface area contributed by atoms with E-state index < -0.39 is 11.6 Å². The molecule has 1 unspecified atom stereocenters. The lowest BCUT2D eigenvalue weighted by atomic mass is 10.1. The zero-order valence-electron chi connectivity index (χ0n) is 10.2. The smallest absolute Gasteiger partial charge is 0.166 e. The Bertz CT molecular complexity index is 602. The van der Waals surface area contributed by atoms with Crippen molar-refractivity contribution in [3.63, 3.8) is 0 Å². The van der Waals surface area contributed by atoms with Crippen molar-refractivity contribution in [3.8, 4) is 11.5 Å². The summed E-state index contributed by atoms with van der Waals surface area (Å²) in [6, 6.07) is 8.41. The van der Waals surface area contributed by atoms with Gasteiger partial charge in [0.05, 0.1) is 0 Å². The molecule has 0 fully saturated rings. The molecule has 0 aliphatic carbocycles. The first-order chi connectivity index (χ1) is 8.97. The minimum absolute atomic E-state index is 0.0318. The van der Waals surface area contributed by atoms with E-state index in [2.05, 4.69) is 15.9 Å². The molecule has 0 aliphatic rings. The Labute approximate surface area is 118 Å². The van der Waals surface area contributed by atoms with Crippen LogP contribution in [0.5, 0.6) is 11.5 Å². The minimum Gasteiger partial charge on any atom is -0.451 e. The van der Waals surface area contributed by atoms with Crippen molar-refractivity contribution in [2.45, 2.75) is 13.0 Å². The summed E-state index contributed by atoms with van der Waals surface area (Å²) in [5, 5.41) is 0. The van der Waals surface area contributed by atoms with Crippen LogP contribution in [0.2, 0.25) is 0 Å². The number of nitrogens with two attached hydrogens (primary N) is 1. The van der Waals surface area contributed by atoms with Gasteiger partial charge >= 0.3 is 0 Å². The Kier molecular flexibility index (Phi) is 4.17. The number of benzene rings is 2. The summed E-state index contributed by atoms with van der Waals surface area (Å²) in [5.41, 5.74) is 6.31. The predicted molar refractivity (Wildman–Crippen MR) is 73.2 cm³/mol. The van der Waals surface area contributed by atoms with Crippen LogP contribution >= 0.6 is 15.9 Å². The average molecular weight is 328 g/mol. The summed E-state index contributed by atoms with van der Waals surface area (Å²) in [4.78, 5) is 0. The number of halogens is 3. The van der Waals surface area contributed by atoms with E-state index in [0.717, 1.165) is 0 Å². The van der Waals surface area contributed by atoms with Gasteiger partial charge in [-0.2, -0.15) is 0 Å². The molecule has 0 saturated heterocycles. The van der Waals surface area contributed by atoms with Gasteiger partial charge in [0.25, 0.3) is 0 Å². The van der Waals surface area contributed by atoms with Crippen LogP contribution in [-0.4, -0.2) is 0 Å². The molecule has 2 nitrogen and oxygen atoms in total. The quantitative estimate of drug-likeness (QED) is 0.898. The lowest BCUT2D eigenvalue weighted by Gasteiger charge is -2.10. The highest BCUT2D eigenvalue weighted by atomic mass is 79.9. The number of hydrogen-bond acceptors (Lipinski definition) is 2. The number of hydrogen-bond donors (Lipinski definition) is 1. The first-order valence-electron chi connectivity index (χ1n) is 5.65. The summed E-state index contributed by atoms with van der Waals surface area (Å²) in [6.07, 6.45) is 0. The van der Waals surface area contributed by atoms with Crippen molar-refractivity contribution in [3.05, 3.63) is 58.1 Å². The van der Waals surface area contributed by atoms with E-state index in [1.807, 2.05) is 0 Å². The second kappa shape index (κ2) is 5.67. The van der Waals surface area contributed by atoms with Crippen LogP contribution < -0.4 is 10.5 Å². The summed E-state index contributed by atoms with van der Waals surface area (Å²) in [5.74, 6) is -1.21. The topological polar surface area (TPSA) is 35.2 Å². The molecule has 0 amide bonds. The second-order valence-corrected chi connectivity index (χ2v) is 5.07. The SMILES string of the molecule is CC(N)c1ccc(Oc2ccc(Br)cc2F)c(F)c1. The number of rotatable bonds is 3. The molecule has 2 aromatic carbocycles. The molecular formula is C14H12BrF2NO. The Balaban J connectivity index is 2.28. The van der Waals surface area contributed by atoms with Gasteiger partial charge in [0.2, 0.25) is 0 Å². The number of ether oxygens (including phenoxy) is 1. The monoisotopic (exact) mass is 327 g/mol. The molecule has 5 heteroatoms. The van der Waals surface area contributed by atoms with E-state index in [4.69, 9.17) is 10.5 Å². The fourth-order valence-corrected chi connectivity index (χ4v) is 1.89. The van der Waals surface area contributed by atoms with Crippen molar-refractivity contribution in [2.24, 2.45) is 5.73 Å². The molecule has 0 radical (unpaired) electrons. The van der Waals surface area contributed by atoms with E-state index in [-0.39, 0.29) is 17.5 Å². The molecule has 0 bridgehead atoms. The van der Waals surface area contributed by atoms with Gasteiger partial charge in [-0.3, -0.25) is 0 Å². The third-order valence-corrected chi connectivity index (χ3v) is 3.09. The standard InChI is InChI=1S/C14H12BrF2NO/c1-8(18)9-2-4-13(11(16)6-9)19-14-5-3-10(15)7-12(14)17/h2-8H,18H2,1H3. The van der Waals surface area contributed by atoms with Crippen molar-refractivity contribution in [1.29, 1.82) is 0 Å². The maximum atomic E-state index is 13.8. The lowest BCUT2D eigenvalue weighted by Crippen LogP contribution is -2.05. The largest absolute Gasteiger partial charge is 0.451 e. The molecule has 0 aromatic heterocycles. The molecule has 2 aromatic rings. The van der Waals surface area contributed by atoms with Crippen LogP contribution in [0.25, 0.3) is 0 Å². The predicted octanol–water partition coefficient (Wildman–Crippen LogP) is 4.54. The highest BCUT2D eigenvalue weighted by molar-refractivity contribution is 9.10. The Morgan fingerprint density at radius 3 is 2.16 bits per heavy atom. The van der Waals surface area contributed by atoms with Crippen LogP contribution in [0.1, 0.15) is 18.5 Å². The summed E-state index contributed by atoms with van der Waals surface area (Å²) >= 11 is 3.14.